The van der Waals surface area contributed by atoms with Crippen LogP contribution in [0.5, 0.6) is 11.5 Å². The van der Waals surface area contributed by atoms with Crippen molar-refractivity contribution in [1.29, 1.82) is 0 Å². The molecule has 33 heavy (non-hydrogen) atoms. The molecule has 1 heterocycles. The van der Waals surface area contributed by atoms with Gasteiger partial charge in [-0.2, -0.15) is 0 Å². The van der Waals surface area contributed by atoms with Crippen molar-refractivity contribution in [2.75, 3.05) is 28.3 Å². The SMILES string of the molecule is COc1cc(N=[N+]=[N-])cc(C2=C3C=CC(=[N+](C)C)C=C3[Si](C)(C)c3cc(C)ccc32)c1OC. The number of methoxy groups -OCH3 is 2. The van der Waals surface area contributed by atoms with Crippen molar-refractivity contribution in [1.82, 2.24) is 0 Å². The molecule has 0 fully saturated rings. The van der Waals surface area contributed by atoms with Gasteiger partial charge in [-0.25, -0.2) is 4.58 Å². The van der Waals surface area contributed by atoms with Gasteiger partial charge in [0.1, 0.15) is 22.2 Å². The van der Waals surface area contributed by atoms with E-state index in [1.165, 1.54) is 32.8 Å². The summed E-state index contributed by atoms with van der Waals surface area (Å²) >= 11 is 0. The zero-order chi connectivity index (χ0) is 23.9. The molecule has 2 aromatic carbocycles. The quantitative estimate of drug-likeness (QED) is 0.202. The topological polar surface area (TPSA) is 70.2 Å². The molecule has 2 aliphatic rings. The van der Waals surface area contributed by atoms with Crippen LogP contribution in [0.15, 0.2) is 64.4 Å². The van der Waals surface area contributed by atoms with Crippen LogP contribution in [-0.4, -0.2) is 46.7 Å². The first-order chi connectivity index (χ1) is 15.7. The Kier molecular flexibility index (Phi) is 5.78. The van der Waals surface area contributed by atoms with E-state index in [0.29, 0.717) is 17.2 Å². The molecule has 6 nitrogen and oxygen atoms in total. The highest BCUT2D eigenvalue weighted by molar-refractivity contribution is 6.98. The van der Waals surface area contributed by atoms with E-state index in [1.807, 2.05) is 6.07 Å². The third kappa shape index (κ3) is 3.69. The van der Waals surface area contributed by atoms with Crippen LogP contribution in [0, 0.1) is 6.92 Å². The van der Waals surface area contributed by atoms with Crippen LogP contribution >= 0.6 is 0 Å². The van der Waals surface area contributed by atoms with Crippen molar-refractivity contribution in [3.05, 3.63) is 86.5 Å². The summed E-state index contributed by atoms with van der Waals surface area (Å²) in [5, 5.41) is 6.63. The number of nitrogens with zero attached hydrogens (tertiary/aromatic N) is 4. The number of azide groups is 1. The first kappa shape index (κ1) is 22.6. The molecule has 0 atom stereocenters. The summed E-state index contributed by atoms with van der Waals surface area (Å²) in [5.41, 5.74) is 16.3. The van der Waals surface area contributed by atoms with Crippen LogP contribution in [0.25, 0.3) is 16.0 Å². The van der Waals surface area contributed by atoms with E-state index in [2.05, 4.69) is 85.1 Å². The molecule has 4 rings (SSSR count). The minimum absolute atomic E-state index is 0.486. The highest BCUT2D eigenvalue weighted by Crippen LogP contribution is 2.47. The Labute approximate surface area is 195 Å². The number of fused-ring (bicyclic) bond motifs is 2. The summed E-state index contributed by atoms with van der Waals surface area (Å²) in [6.07, 6.45) is 6.70. The number of ether oxygens (including phenoxy) is 2. The molecule has 0 aromatic heterocycles. The summed E-state index contributed by atoms with van der Waals surface area (Å²) in [7, 11) is 5.38. The van der Waals surface area contributed by atoms with E-state index in [4.69, 9.17) is 15.0 Å². The molecule has 0 amide bonds. The Hall–Kier alpha value is -3.54. The summed E-state index contributed by atoms with van der Waals surface area (Å²) in [6.45, 7) is 6.96. The molecular weight excluding hydrogens is 428 g/mol. The molecule has 1 aliphatic heterocycles. The van der Waals surface area contributed by atoms with Gasteiger partial charge in [0.25, 0.3) is 0 Å². The second-order valence-corrected chi connectivity index (χ2v) is 13.4. The lowest BCUT2D eigenvalue weighted by Crippen LogP contribution is -2.49. The highest BCUT2D eigenvalue weighted by Gasteiger charge is 2.41. The Balaban J connectivity index is 2.18. The van der Waals surface area contributed by atoms with Gasteiger partial charge in [-0.15, -0.1) is 0 Å². The molecule has 2 aromatic rings. The van der Waals surface area contributed by atoms with Crippen molar-refractivity contribution in [2.45, 2.75) is 20.0 Å². The van der Waals surface area contributed by atoms with Gasteiger partial charge >= 0.3 is 0 Å². The standard InChI is InChI=1S/C26H29N4O2Si/c1-16-8-10-19-23(12-16)33(6,7)24-15-18(30(2)3)9-11-20(24)25(19)21-13-17(28-29-27)14-22(31-4)26(21)32-5/h8-15H,1-7H3/q+1. The van der Waals surface area contributed by atoms with E-state index in [1.54, 1.807) is 20.3 Å². The number of aryl methyl sites for hydroxylation is 1. The molecule has 0 saturated heterocycles. The van der Waals surface area contributed by atoms with Crippen molar-refractivity contribution >= 4 is 30.2 Å². The summed E-state index contributed by atoms with van der Waals surface area (Å²) in [5.74, 6) is 1.16. The van der Waals surface area contributed by atoms with Gasteiger partial charge in [-0.1, -0.05) is 42.0 Å². The predicted molar refractivity (Wildman–Crippen MR) is 137 cm³/mol. The molecule has 0 unspecified atom stereocenters. The first-order valence-corrected chi connectivity index (χ1v) is 13.8. The minimum Gasteiger partial charge on any atom is -0.493 e. The largest absolute Gasteiger partial charge is 0.493 e. The maximum atomic E-state index is 9.09. The third-order valence-electron chi connectivity index (χ3n) is 6.47. The molecule has 0 spiro atoms. The minimum atomic E-state index is -1.99. The van der Waals surface area contributed by atoms with E-state index >= 15 is 0 Å². The smallest absolute Gasteiger partial charge is 0.199 e. The van der Waals surface area contributed by atoms with Crippen LogP contribution in [0.2, 0.25) is 13.1 Å². The van der Waals surface area contributed by atoms with Crippen molar-refractivity contribution in [3.8, 4) is 11.5 Å². The van der Waals surface area contributed by atoms with Crippen molar-refractivity contribution < 1.29 is 14.0 Å². The van der Waals surface area contributed by atoms with Crippen LogP contribution in [0.3, 0.4) is 0 Å². The predicted octanol–water partition coefficient (Wildman–Crippen LogP) is 5.43. The Morgan fingerprint density at radius 1 is 1.00 bits per heavy atom. The third-order valence-corrected chi connectivity index (χ3v) is 9.99. The fourth-order valence-corrected chi connectivity index (χ4v) is 7.91. The summed E-state index contributed by atoms with van der Waals surface area (Å²) < 4.78 is 13.6. The normalized spacial score (nSPS) is 15.8. The molecule has 0 radical (unpaired) electrons. The molecule has 0 saturated carbocycles. The monoisotopic (exact) mass is 457 g/mol. The number of benzene rings is 2. The Morgan fingerprint density at radius 2 is 1.76 bits per heavy atom. The van der Waals surface area contributed by atoms with E-state index in [0.717, 1.165) is 11.1 Å². The van der Waals surface area contributed by atoms with Gasteiger partial charge in [0.15, 0.2) is 17.2 Å². The van der Waals surface area contributed by atoms with Gasteiger partial charge in [-0.05, 0) is 57.8 Å². The second-order valence-electron chi connectivity index (χ2n) is 9.09. The lowest BCUT2D eigenvalue weighted by Gasteiger charge is -2.38. The van der Waals surface area contributed by atoms with E-state index in [9.17, 15) is 0 Å². The van der Waals surface area contributed by atoms with Crippen LogP contribution in [0.4, 0.5) is 5.69 Å². The molecule has 7 heteroatoms. The first-order valence-electron chi connectivity index (χ1n) is 10.8. The summed E-state index contributed by atoms with van der Waals surface area (Å²) in [4.78, 5) is 3.00. The van der Waals surface area contributed by atoms with E-state index < -0.39 is 8.07 Å². The molecule has 0 N–H and O–H groups in total. The maximum absolute atomic E-state index is 9.09. The number of allylic oxidation sites excluding steroid dienone is 5. The number of hydrogen-bond donors (Lipinski definition) is 0. The second kappa shape index (κ2) is 8.43. The van der Waals surface area contributed by atoms with E-state index in [-0.39, 0.29) is 0 Å². The van der Waals surface area contributed by atoms with Gasteiger partial charge in [-0.3, -0.25) is 0 Å². The van der Waals surface area contributed by atoms with Crippen LogP contribution in [-0.2, 0) is 0 Å². The molecule has 0 bridgehead atoms. The van der Waals surface area contributed by atoms with Crippen LogP contribution < -0.4 is 14.7 Å². The fraction of sp³-hybridized carbons (Fsp3) is 0.269. The average Bonchev–Trinajstić information content (AvgIpc) is 2.79. The lowest BCUT2D eigenvalue weighted by atomic mass is 9.88. The zero-order valence-corrected chi connectivity index (χ0v) is 21.2. The van der Waals surface area contributed by atoms with Crippen LogP contribution in [0.1, 0.15) is 16.7 Å². The van der Waals surface area contributed by atoms with Gasteiger partial charge in [0.05, 0.1) is 14.2 Å². The van der Waals surface area contributed by atoms with Crippen molar-refractivity contribution in [2.24, 2.45) is 5.11 Å². The number of hydrogen-bond acceptors (Lipinski definition) is 3. The zero-order valence-electron chi connectivity index (χ0n) is 20.2. The Morgan fingerprint density at radius 3 is 2.39 bits per heavy atom. The van der Waals surface area contributed by atoms with Gasteiger partial charge in [0.2, 0.25) is 0 Å². The number of rotatable bonds is 4. The van der Waals surface area contributed by atoms with Crippen molar-refractivity contribution in [3.63, 3.8) is 0 Å². The Bertz CT molecular complexity index is 1340. The summed E-state index contributed by atoms with van der Waals surface area (Å²) in [6, 6.07) is 10.3. The maximum Gasteiger partial charge on any atom is 0.199 e. The molecule has 168 valence electrons. The lowest BCUT2D eigenvalue weighted by molar-refractivity contribution is -0.462. The highest BCUT2D eigenvalue weighted by atomic mass is 28.3. The van der Waals surface area contributed by atoms with Gasteiger partial charge < -0.3 is 9.47 Å². The average molecular weight is 458 g/mol. The molecular formula is C26H29N4O2Si+. The fourth-order valence-electron chi connectivity index (χ4n) is 4.76. The molecule has 1 aliphatic carbocycles. The van der Waals surface area contributed by atoms with Gasteiger partial charge in [0, 0.05) is 28.3 Å².